The highest BCUT2D eigenvalue weighted by Crippen LogP contribution is 2.26. The first-order valence-corrected chi connectivity index (χ1v) is 9.30. The van der Waals surface area contributed by atoms with Gasteiger partial charge in [-0.2, -0.15) is 4.98 Å². The third-order valence-corrected chi connectivity index (χ3v) is 5.14. The smallest absolute Gasteiger partial charge is 0.324 e. The SMILES string of the molecule is Clc1cccc(-c2noc(N3CCCC(CN4CCOCC4)C3)n2)c1. The van der Waals surface area contributed by atoms with Crippen LogP contribution in [0.5, 0.6) is 0 Å². The molecule has 1 atom stereocenters. The molecular formula is C18H23ClN4O2. The average Bonchev–Trinajstić information content (AvgIpc) is 3.13. The maximum absolute atomic E-state index is 6.05. The van der Waals surface area contributed by atoms with Gasteiger partial charge in [0, 0.05) is 43.3 Å². The van der Waals surface area contributed by atoms with Crippen LogP contribution in [0.2, 0.25) is 5.02 Å². The number of aromatic nitrogens is 2. The van der Waals surface area contributed by atoms with Crippen LogP contribution in [0.1, 0.15) is 12.8 Å². The fraction of sp³-hybridized carbons (Fsp3) is 0.556. The third-order valence-electron chi connectivity index (χ3n) is 4.91. The van der Waals surface area contributed by atoms with Gasteiger partial charge in [-0.3, -0.25) is 4.90 Å². The first-order valence-electron chi connectivity index (χ1n) is 8.92. The Kier molecular flexibility index (Phi) is 5.20. The number of halogens is 1. The van der Waals surface area contributed by atoms with Crippen LogP contribution >= 0.6 is 11.6 Å². The molecular weight excluding hydrogens is 340 g/mol. The summed E-state index contributed by atoms with van der Waals surface area (Å²) in [5.41, 5.74) is 0.879. The van der Waals surface area contributed by atoms with E-state index < -0.39 is 0 Å². The lowest BCUT2D eigenvalue weighted by molar-refractivity contribution is 0.0295. The Morgan fingerprint density at radius 2 is 2.08 bits per heavy atom. The molecule has 0 saturated carbocycles. The topological polar surface area (TPSA) is 54.6 Å². The van der Waals surface area contributed by atoms with Gasteiger partial charge in [-0.1, -0.05) is 28.9 Å². The average molecular weight is 363 g/mol. The first-order chi connectivity index (χ1) is 12.3. The predicted molar refractivity (Wildman–Crippen MR) is 96.9 cm³/mol. The molecule has 3 heterocycles. The van der Waals surface area contributed by atoms with E-state index in [1.165, 1.54) is 6.42 Å². The normalized spacial score (nSPS) is 22.3. The minimum Gasteiger partial charge on any atom is -0.379 e. The van der Waals surface area contributed by atoms with Crippen molar-refractivity contribution < 1.29 is 9.26 Å². The summed E-state index contributed by atoms with van der Waals surface area (Å²) in [6, 6.07) is 8.15. The first kappa shape index (κ1) is 16.8. The third kappa shape index (κ3) is 4.14. The van der Waals surface area contributed by atoms with Crippen molar-refractivity contribution in [2.75, 3.05) is 50.8 Å². The standard InChI is InChI=1S/C18H23ClN4O2/c19-16-5-1-4-15(11-16)17-20-18(25-21-17)23-6-2-3-14(13-23)12-22-7-9-24-10-8-22/h1,4-5,11,14H,2-3,6-10,12-13H2. The number of piperidine rings is 1. The second-order valence-electron chi connectivity index (χ2n) is 6.78. The van der Waals surface area contributed by atoms with E-state index in [1.807, 2.05) is 24.3 Å². The number of morpholine rings is 1. The number of hydrogen-bond donors (Lipinski definition) is 0. The molecule has 2 aliphatic rings. The number of ether oxygens (including phenoxy) is 1. The van der Waals surface area contributed by atoms with Gasteiger partial charge in [-0.25, -0.2) is 0 Å². The molecule has 2 saturated heterocycles. The number of nitrogens with zero attached hydrogens (tertiary/aromatic N) is 4. The van der Waals surface area contributed by atoms with E-state index in [-0.39, 0.29) is 0 Å². The number of rotatable bonds is 4. The lowest BCUT2D eigenvalue weighted by atomic mass is 9.97. The summed E-state index contributed by atoms with van der Waals surface area (Å²) < 4.78 is 11.0. The Morgan fingerprint density at radius 3 is 2.92 bits per heavy atom. The zero-order chi connectivity index (χ0) is 17.1. The Bertz CT molecular complexity index is 702. The van der Waals surface area contributed by atoms with Crippen molar-refractivity contribution in [3.63, 3.8) is 0 Å². The highest BCUT2D eigenvalue weighted by Gasteiger charge is 2.26. The van der Waals surface area contributed by atoms with E-state index in [2.05, 4.69) is 19.9 Å². The molecule has 2 aliphatic heterocycles. The summed E-state index contributed by atoms with van der Waals surface area (Å²) in [5.74, 6) is 1.22. The van der Waals surface area contributed by atoms with Gasteiger partial charge in [0.1, 0.15) is 0 Å². The molecule has 0 spiro atoms. The lowest BCUT2D eigenvalue weighted by Crippen LogP contribution is -2.44. The van der Waals surface area contributed by atoms with Gasteiger partial charge in [0.25, 0.3) is 0 Å². The molecule has 0 N–H and O–H groups in total. The van der Waals surface area contributed by atoms with E-state index >= 15 is 0 Å². The van der Waals surface area contributed by atoms with Crippen molar-refractivity contribution in [2.24, 2.45) is 5.92 Å². The molecule has 134 valence electrons. The number of benzene rings is 1. The van der Waals surface area contributed by atoms with Gasteiger partial charge < -0.3 is 14.2 Å². The van der Waals surface area contributed by atoms with Crippen molar-refractivity contribution in [3.05, 3.63) is 29.3 Å². The van der Waals surface area contributed by atoms with E-state index in [0.29, 0.717) is 22.8 Å². The molecule has 0 aliphatic carbocycles. The molecule has 0 radical (unpaired) electrons. The lowest BCUT2D eigenvalue weighted by Gasteiger charge is -2.35. The molecule has 1 aromatic carbocycles. The van der Waals surface area contributed by atoms with Crippen LogP contribution in [0.4, 0.5) is 6.01 Å². The van der Waals surface area contributed by atoms with E-state index in [0.717, 1.165) is 57.9 Å². The van der Waals surface area contributed by atoms with Crippen molar-refractivity contribution in [1.82, 2.24) is 15.0 Å². The molecule has 0 amide bonds. The molecule has 2 aromatic rings. The minimum atomic E-state index is 0.591. The van der Waals surface area contributed by atoms with Crippen LogP contribution < -0.4 is 4.90 Å². The van der Waals surface area contributed by atoms with Crippen LogP contribution in [-0.2, 0) is 4.74 Å². The van der Waals surface area contributed by atoms with Crippen LogP contribution in [0, 0.1) is 5.92 Å². The van der Waals surface area contributed by atoms with Crippen molar-refractivity contribution in [2.45, 2.75) is 12.8 Å². The summed E-state index contributed by atoms with van der Waals surface area (Å²) in [7, 11) is 0. The Balaban J connectivity index is 1.41. The Labute approximate surface area is 152 Å². The second-order valence-corrected chi connectivity index (χ2v) is 7.21. The Hall–Kier alpha value is -1.63. The van der Waals surface area contributed by atoms with E-state index in [4.69, 9.17) is 20.9 Å². The van der Waals surface area contributed by atoms with Gasteiger partial charge >= 0.3 is 6.01 Å². The van der Waals surface area contributed by atoms with Crippen LogP contribution in [-0.4, -0.2) is 61.0 Å². The fourth-order valence-corrected chi connectivity index (χ4v) is 3.82. The zero-order valence-corrected chi connectivity index (χ0v) is 15.0. The molecule has 1 unspecified atom stereocenters. The van der Waals surface area contributed by atoms with Gasteiger partial charge in [-0.15, -0.1) is 0 Å². The molecule has 0 bridgehead atoms. The summed E-state index contributed by atoms with van der Waals surface area (Å²) in [6.45, 7) is 6.83. The summed E-state index contributed by atoms with van der Waals surface area (Å²) in [4.78, 5) is 9.30. The van der Waals surface area contributed by atoms with E-state index in [9.17, 15) is 0 Å². The van der Waals surface area contributed by atoms with Gasteiger partial charge in [-0.05, 0) is 30.9 Å². The quantitative estimate of drug-likeness (QED) is 0.833. The summed E-state index contributed by atoms with van der Waals surface area (Å²) >= 11 is 6.05. The monoisotopic (exact) mass is 362 g/mol. The molecule has 4 rings (SSSR count). The Morgan fingerprint density at radius 1 is 1.20 bits per heavy atom. The van der Waals surface area contributed by atoms with Crippen molar-refractivity contribution in [3.8, 4) is 11.4 Å². The largest absolute Gasteiger partial charge is 0.379 e. The zero-order valence-electron chi connectivity index (χ0n) is 14.2. The van der Waals surface area contributed by atoms with Crippen LogP contribution in [0.3, 0.4) is 0 Å². The molecule has 2 fully saturated rings. The van der Waals surface area contributed by atoms with Crippen molar-refractivity contribution in [1.29, 1.82) is 0 Å². The molecule has 25 heavy (non-hydrogen) atoms. The van der Waals surface area contributed by atoms with Gasteiger partial charge in [0.05, 0.1) is 13.2 Å². The highest BCUT2D eigenvalue weighted by atomic mass is 35.5. The number of hydrogen-bond acceptors (Lipinski definition) is 6. The van der Waals surface area contributed by atoms with Gasteiger partial charge in [0.15, 0.2) is 0 Å². The highest BCUT2D eigenvalue weighted by molar-refractivity contribution is 6.30. The molecule has 7 heteroatoms. The molecule has 6 nitrogen and oxygen atoms in total. The predicted octanol–water partition coefficient (Wildman–Crippen LogP) is 2.94. The van der Waals surface area contributed by atoms with Gasteiger partial charge in [0.2, 0.25) is 5.82 Å². The second kappa shape index (κ2) is 7.72. The van der Waals surface area contributed by atoms with Crippen LogP contribution in [0.15, 0.2) is 28.8 Å². The molecule has 1 aromatic heterocycles. The van der Waals surface area contributed by atoms with Crippen molar-refractivity contribution >= 4 is 17.6 Å². The number of anilines is 1. The fourth-order valence-electron chi connectivity index (χ4n) is 3.63. The summed E-state index contributed by atoms with van der Waals surface area (Å²) in [5, 5.41) is 4.80. The maximum atomic E-state index is 6.05. The summed E-state index contributed by atoms with van der Waals surface area (Å²) in [6.07, 6.45) is 2.41. The van der Waals surface area contributed by atoms with Crippen LogP contribution in [0.25, 0.3) is 11.4 Å². The minimum absolute atomic E-state index is 0.591. The van der Waals surface area contributed by atoms with E-state index in [1.54, 1.807) is 0 Å². The maximum Gasteiger partial charge on any atom is 0.324 e.